The summed E-state index contributed by atoms with van der Waals surface area (Å²) in [7, 11) is 0. The Morgan fingerprint density at radius 2 is 2.25 bits per heavy atom. The third kappa shape index (κ3) is 1.01. The Balaban J connectivity index is 2.52. The van der Waals surface area contributed by atoms with E-state index in [0.29, 0.717) is 0 Å². The summed E-state index contributed by atoms with van der Waals surface area (Å²) in [5.41, 5.74) is 5.38. The molecule has 12 heavy (non-hydrogen) atoms. The van der Waals surface area contributed by atoms with Gasteiger partial charge in [0.05, 0.1) is 12.3 Å². The topological polar surface area (TPSA) is 24.4 Å². The second-order valence-corrected chi connectivity index (χ2v) is 2.73. The van der Waals surface area contributed by atoms with Crippen molar-refractivity contribution in [1.29, 1.82) is 0 Å². The highest BCUT2D eigenvalue weighted by Crippen LogP contribution is 2.19. The summed E-state index contributed by atoms with van der Waals surface area (Å²) in [4.78, 5) is 0. The highest BCUT2D eigenvalue weighted by atomic mass is 15.3. The lowest BCUT2D eigenvalue weighted by Crippen LogP contribution is -2.19. The maximum Gasteiger partial charge on any atom is 0.0874 e. The fraction of sp³-hybridized carbons (Fsp3) is 0.100. The smallest absolute Gasteiger partial charge is 0.0874 e. The molecule has 1 aromatic carbocycles. The lowest BCUT2D eigenvalue weighted by atomic mass is 10.0. The molecule has 1 N–H and O–H groups in total. The van der Waals surface area contributed by atoms with Gasteiger partial charge < -0.3 is 0 Å². The quantitative estimate of drug-likeness (QED) is 0.620. The molecule has 0 radical (unpaired) electrons. The number of hydrazone groups is 1. The summed E-state index contributed by atoms with van der Waals surface area (Å²) in [6, 6.07) is 8.33. The van der Waals surface area contributed by atoms with Crippen molar-refractivity contribution < 1.29 is 0 Å². The molecule has 0 unspecified atom stereocenters. The molecule has 0 amide bonds. The SMILES string of the molecule is C=C[C@@H]1NN=Cc2ccccc21. The van der Waals surface area contributed by atoms with Gasteiger partial charge in [0.2, 0.25) is 0 Å². The van der Waals surface area contributed by atoms with E-state index < -0.39 is 0 Å². The van der Waals surface area contributed by atoms with E-state index in [1.807, 2.05) is 24.4 Å². The molecule has 1 aliphatic rings. The number of hydrogen-bond acceptors (Lipinski definition) is 2. The van der Waals surface area contributed by atoms with Gasteiger partial charge in [-0.05, 0) is 5.56 Å². The molecular formula is C10H10N2. The summed E-state index contributed by atoms with van der Waals surface area (Å²) in [5.74, 6) is 0. The molecule has 1 aromatic rings. The fourth-order valence-corrected chi connectivity index (χ4v) is 1.35. The predicted molar refractivity (Wildman–Crippen MR) is 50.1 cm³/mol. The molecule has 2 rings (SSSR count). The number of benzene rings is 1. The third-order valence-corrected chi connectivity index (χ3v) is 1.98. The number of nitrogens with zero attached hydrogens (tertiary/aromatic N) is 1. The number of hydrogen-bond donors (Lipinski definition) is 1. The van der Waals surface area contributed by atoms with Gasteiger partial charge in [-0.2, -0.15) is 5.10 Å². The van der Waals surface area contributed by atoms with Crippen LogP contribution in [0.1, 0.15) is 17.2 Å². The Labute approximate surface area is 71.6 Å². The number of nitrogens with one attached hydrogen (secondary N) is 1. The van der Waals surface area contributed by atoms with E-state index in [0.717, 1.165) is 0 Å². The summed E-state index contributed by atoms with van der Waals surface area (Å²) in [5, 5.41) is 4.02. The van der Waals surface area contributed by atoms with Gasteiger partial charge in [0.15, 0.2) is 0 Å². The van der Waals surface area contributed by atoms with Crippen molar-refractivity contribution in [3.63, 3.8) is 0 Å². The van der Waals surface area contributed by atoms with Crippen molar-refractivity contribution in [1.82, 2.24) is 5.43 Å². The minimum absolute atomic E-state index is 0.159. The van der Waals surface area contributed by atoms with E-state index in [1.165, 1.54) is 11.1 Å². The first-order chi connectivity index (χ1) is 5.92. The monoisotopic (exact) mass is 158 g/mol. The molecule has 1 atom stereocenters. The lowest BCUT2D eigenvalue weighted by molar-refractivity contribution is 0.651. The summed E-state index contributed by atoms with van der Waals surface area (Å²) >= 11 is 0. The van der Waals surface area contributed by atoms with Crippen LogP contribution in [0.25, 0.3) is 0 Å². The average Bonchev–Trinajstić information content (AvgIpc) is 2.17. The van der Waals surface area contributed by atoms with Crippen LogP contribution in [0.5, 0.6) is 0 Å². The predicted octanol–water partition coefficient (Wildman–Crippen LogP) is 1.85. The molecule has 0 bridgehead atoms. The van der Waals surface area contributed by atoms with Crippen molar-refractivity contribution in [2.75, 3.05) is 0 Å². The molecule has 0 spiro atoms. The summed E-state index contributed by atoms with van der Waals surface area (Å²) in [6.45, 7) is 3.75. The zero-order valence-electron chi connectivity index (χ0n) is 6.70. The molecule has 0 fully saturated rings. The maximum absolute atomic E-state index is 4.02. The van der Waals surface area contributed by atoms with Crippen molar-refractivity contribution >= 4 is 6.21 Å². The molecule has 0 aromatic heterocycles. The Morgan fingerprint density at radius 3 is 3.08 bits per heavy atom. The molecule has 0 saturated heterocycles. The Morgan fingerprint density at radius 1 is 1.42 bits per heavy atom. The van der Waals surface area contributed by atoms with E-state index in [1.54, 1.807) is 0 Å². The van der Waals surface area contributed by atoms with Gasteiger partial charge in [0, 0.05) is 5.56 Å². The molecule has 2 nitrogen and oxygen atoms in total. The molecule has 2 heteroatoms. The van der Waals surface area contributed by atoms with E-state index in [2.05, 4.69) is 29.2 Å². The van der Waals surface area contributed by atoms with Gasteiger partial charge in [0.25, 0.3) is 0 Å². The van der Waals surface area contributed by atoms with Crippen LogP contribution in [0, 0.1) is 0 Å². The lowest BCUT2D eigenvalue weighted by Gasteiger charge is -2.18. The van der Waals surface area contributed by atoms with Crippen LogP contribution in [-0.2, 0) is 0 Å². The summed E-state index contributed by atoms with van der Waals surface area (Å²) in [6.07, 6.45) is 3.69. The van der Waals surface area contributed by atoms with Crippen molar-refractivity contribution in [2.45, 2.75) is 6.04 Å². The van der Waals surface area contributed by atoms with Crippen LogP contribution >= 0.6 is 0 Å². The van der Waals surface area contributed by atoms with Crippen LogP contribution in [0.15, 0.2) is 42.0 Å². The Hall–Kier alpha value is -1.57. The van der Waals surface area contributed by atoms with Gasteiger partial charge in [-0.25, -0.2) is 0 Å². The first-order valence-electron chi connectivity index (χ1n) is 3.92. The summed E-state index contributed by atoms with van der Waals surface area (Å²) < 4.78 is 0. The van der Waals surface area contributed by atoms with Crippen molar-refractivity contribution in [3.8, 4) is 0 Å². The van der Waals surface area contributed by atoms with Crippen molar-refractivity contribution in [3.05, 3.63) is 48.0 Å². The van der Waals surface area contributed by atoms with Crippen LogP contribution in [0.4, 0.5) is 0 Å². The van der Waals surface area contributed by atoms with Gasteiger partial charge in [-0.3, -0.25) is 5.43 Å². The molecule has 60 valence electrons. The zero-order valence-corrected chi connectivity index (χ0v) is 6.70. The highest BCUT2D eigenvalue weighted by molar-refractivity contribution is 5.82. The standard InChI is InChI=1S/C10H10N2/c1-2-10-9-6-4-3-5-8(9)7-11-12-10/h2-7,10,12H,1H2/t10-/m0/s1. The molecular weight excluding hydrogens is 148 g/mol. The second kappa shape index (κ2) is 2.81. The molecule has 1 heterocycles. The highest BCUT2D eigenvalue weighted by Gasteiger charge is 2.12. The van der Waals surface area contributed by atoms with Crippen molar-refractivity contribution in [2.24, 2.45) is 5.10 Å². The molecule has 0 saturated carbocycles. The second-order valence-electron chi connectivity index (χ2n) is 2.73. The van der Waals surface area contributed by atoms with Gasteiger partial charge in [-0.15, -0.1) is 6.58 Å². The van der Waals surface area contributed by atoms with Crippen LogP contribution in [0.3, 0.4) is 0 Å². The van der Waals surface area contributed by atoms with Crippen LogP contribution in [0.2, 0.25) is 0 Å². The van der Waals surface area contributed by atoms with Gasteiger partial charge >= 0.3 is 0 Å². The first kappa shape index (κ1) is 7.10. The van der Waals surface area contributed by atoms with E-state index in [9.17, 15) is 0 Å². The van der Waals surface area contributed by atoms with E-state index >= 15 is 0 Å². The molecule has 1 aliphatic heterocycles. The first-order valence-corrected chi connectivity index (χ1v) is 3.92. The van der Waals surface area contributed by atoms with E-state index in [4.69, 9.17) is 0 Å². The fourth-order valence-electron chi connectivity index (χ4n) is 1.35. The van der Waals surface area contributed by atoms with Crippen LogP contribution < -0.4 is 5.43 Å². The largest absolute Gasteiger partial charge is 0.299 e. The number of rotatable bonds is 1. The third-order valence-electron chi connectivity index (χ3n) is 1.98. The average molecular weight is 158 g/mol. The minimum Gasteiger partial charge on any atom is -0.299 e. The van der Waals surface area contributed by atoms with Gasteiger partial charge in [-0.1, -0.05) is 30.3 Å². The van der Waals surface area contributed by atoms with Crippen LogP contribution in [-0.4, -0.2) is 6.21 Å². The Kier molecular flexibility index (Phi) is 1.67. The van der Waals surface area contributed by atoms with Gasteiger partial charge in [0.1, 0.15) is 0 Å². The Bertz CT molecular complexity index is 328. The number of fused-ring (bicyclic) bond motifs is 1. The molecule has 0 aliphatic carbocycles. The normalized spacial score (nSPS) is 19.5. The maximum atomic E-state index is 4.02. The van der Waals surface area contributed by atoms with E-state index in [-0.39, 0.29) is 6.04 Å². The zero-order chi connectivity index (χ0) is 8.39. The minimum atomic E-state index is 0.159.